The normalized spacial score (nSPS) is 27.4. The summed E-state index contributed by atoms with van der Waals surface area (Å²) >= 11 is 0. The van der Waals surface area contributed by atoms with Gasteiger partial charge in [-0.15, -0.1) is 0 Å². The minimum Gasteiger partial charge on any atom is -0.316 e. The third kappa shape index (κ3) is 4.59. The van der Waals surface area contributed by atoms with Gasteiger partial charge in [-0.3, -0.25) is 0 Å². The SMILES string of the molecule is CCC(C)CN(CC)CC1(CC)CCCNC1. The standard InChI is InChI=1S/C15H32N2/c1-5-14(4)11-17(7-3)13-15(6-2)9-8-10-16-12-15/h14,16H,5-13H2,1-4H3. The Morgan fingerprint density at radius 1 is 1.29 bits per heavy atom. The molecule has 0 spiro atoms. The van der Waals surface area contributed by atoms with Crippen molar-refractivity contribution in [2.45, 2.75) is 53.4 Å². The molecule has 2 nitrogen and oxygen atoms in total. The van der Waals surface area contributed by atoms with E-state index in [0.29, 0.717) is 5.41 Å². The molecule has 2 heteroatoms. The van der Waals surface area contributed by atoms with Crippen molar-refractivity contribution in [3.8, 4) is 0 Å². The maximum atomic E-state index is 3.60. The quantitative estimate of drug-likeness (QED) is 0.735. The molecule has 0 bridgehead atoms. The van der Waals surface area contributed by atoms with E-state index in [0.717, 1.165) is 5.92 Å². The van der Waals surface area contributed by atoms with Gasteiger partial charge in [0.1, 0.15) is 0 Å². The van der Waals surface area contributed by atoms with Gasteiger partial charge in [-0.1, -0.05) is 34.1 Å². The van der Waals surface area contributed by atoms with Crippen LogP contribution in [0, 0.1) is 11.3 Å². The summed E-state index contributed by atoms with van der Waals surface area (Å²) in [5.74, 6) is 0.834. The molecule has 2 unspecified atom stereocenters. The first kappa shape index (κ1) is 15.0. The number of hydrogen-bond acceptors (Lipinski definition) is 2. The molecule has 1 heterocycles. The van der Waals surface area contributed by atoms with Crippen molar-refractivity contribution in [3.63, 3.8) is 0 Å². The fourth-order valence-corrected chi connectivity index (χ4v) is 2.93. The highest BCUT2D eigenvalue weighted by Gasteiger charge is 2.31. The first-order chi connectivity index (χ1) is 8.15. The predicted octanol–water partition coefficient (Wildman–Crippen LogP) is 3.13. The monoisotopic (exact) mass is 240 g/mol. The van der Waals surface area contributed by atoms with Crippen LogP contribution in [-0.4, -0.2) is 37.6 Å². The zero-order chi connectivity index (χ0) is 12.7. The highest BCUT2D eigenvalue weighted by Crippen LogP contribution is 2.31. The lowest BCUT2D eigenvalue weighted by molar-refractivity contribution is 0.105. The molecule has 1 fully saturated rings. The van der Waals surface area contributed by atoms with E-state index < -0.39 is 0 Å². The van der Waals surface area contributed by atoms with Crippen molar-refractivity contribution >= 4 is 0 Å². The summed E-state index contributed by atoms with van der Waals surface area (Å²) in [5, 5.41) is 3.60. The molecule has 1 aliphatic rings. The van der Waals surface area contributed by atoms with Crippen LogP contribution >= 0.6 is 0 Å². The van der Waals surface area contributed by atoms with Crippen LogP contribution in [0.15, 0.2) is 0 Å². The molecule has 1 aliphatic heterocycles. The molecule has 0 aliphatic carbocycles. The molecule has 17 heavy (non-hydrogen) atoms. The van der Waals surface area contributed by atoms with Crippen molar-refractivity contribution < 1.29 is 0 Å². The Bertz CT molecular complexity index is 197. The Morgan fingerprint density at radius 3 is 2.53 bits per heavy atom. The van der Waals surface area contributed by atoms with E-state index in [-0.39, 0.29) is 0 Å². The van der Waals surface area contributed by atoms with E-state index in [9.17, 15) is 0 Å². The number of nitrogens with one attached hydrogen (secondary N) is 1. The van der Waals surface area contributed by atoms with E-state index in [1.54, 1.807) is 0 Å². The van der Waals surface area contributed by atoms with Gasteiger partial charge in [0.05, 0.1) is 0 Å². The van der Waals surface area contributed by atoms with Gasteiger partial charge in [0.15, 0.2) is 0 Å². The van der Waals surface area contributed by atoms with Gasteiger partial charge in [-0.25, -0.2) is 0 Å². The largest absolute Gasteiger partial charge is 0.316 e. The molecule has 1 N–H and O–H groups in total. The average Bonchev–Trinajstić information content (AvgIpc) is 2.38. The van der Waals surface area contributed by atoms with Crippen molar-refractivity contribution in [2.75, 3.05) is 32.7 Å². The lowest BCUT2D eigenvalue weighted by Gasteiger charge is -2.41. The van der Waals surface area contributed by atoms with E-state index >= 15 is 0 Å². The third-order valence-corrected chi connectivity index (χ3v) is 4.58. The molecule has 0 amide bonds. The van der Waals surface area contributed by atoms with Crippen molar-refractivity contribution in [1.29, 1.82) is 0 Å². The Kier molecular flexibility index (Phi) is 6.50. The van der Waals surface area contributed by atoms with E-state index in [4.69, 9.17) is 0 Å². The second kappa shape index (κ2) is 7.38. The number of piperidine rings is 1. The summed E-state index contributed by atoms with van der Waals surface area (Å²) in [6.07, 6.45) is 5.38. The molecular weight excluding hydrogens is 208 g/mol. The van der Waals surface area contributed by atoms with Gasteiger partial charge in [0.2, 0.25) is 0 Å². The van der Waals surface area contributed by atoms with Crippen LogP contribution in [-0.2, 0) is 0 Å². The van der Waals surface area contributed by atoms with E-state index in [1.807, 2.05) is 0 Å². The van der Waals surface area contributed by atoms with Gasteiger partial charge in [0, 0.05) is 19.6 Å². The van der Waals surface area contributed by atoms with Gasteiger partial charge in [-0.2, -0.15) is 0 Å². The maximum absolute atomic E-state index is 3.60. The fourth-order valence-electron chi connectivity index (χ4n) is 2.93. The van der Waals surface area contributed by atoms with Gasteiger partial charge < -0.3 is 10.2 Å². The molecule has 0 aromatic rings. The molecule has 0 aromatic carbocycles. The molecule has 1 rings (SSSR count). The average molecular weight is 240 g/mol. The molecular formula is C15H32N2. The number of nitrogens with zero attached hydrogens (tertiary/aromatic N) is 1. The highest BCUT2D eigenvalue weighted by molar-refractivity contribution is 4.87. The molecule has 0 radical (unpaired) electrons. The van der Waals surface area contributed by atoms with Crippen LogP contribution in [0.3, 0.4) is 0 Å². The van der Waals surface area contributed by atoms with Crippen LogP contribution in [0.5, 0.6) is 0 Å². The summed E-state index contributed by atoms with van der Waals surface area (Å²) in [6.45, 7) is 15.6. The highest BCUT2D eigenvalue weighted by atomic mass is 15.1. The van der Waals surface area contributed by atoms with E-state index in [2.05, 4.69) is 37.9 Å². The van der Waals surface area contributed by atoms with Crippen LogP contribution in [0.25, 0.3) is 0 Å². The summed E-state index contributed by atoms with van der Waals surface area (Å²) < 4.78 is 0. The summed E-state index contributed by atoms with van der Waals surface area (Å²) in [4.78, 5) is 2.67. The van der Waals surface area contributed by atoms with Crippen molar-refractivity contribution in [2.24, 2.45) is 11.3 Å². The first-order valence-electron chi connectivity index (χ1n) is 7.59. The fraction of sp³-hybridized carbons (Fsp3) is 1.00. The molecule has 102 valence electrons. The zero-order valence-electron chi connectivity index (χ0n) is 12.4. The van der Waals surface area contributed by atoms with Crippen LogP contribution in [0.1, 0.15) is 53.4 Å². The third-order valence-electron chi connectivity index (χ3n) is 4.58. The molecule has 0 saturated carbocycles. The number of rotatable bonds is 7. The second-order valence-electron chi connectivity index (χ2n) is 5.98. The Labute approximate surface area is 108 Å². The zero-order valence-corrected chi connectivity index (χ0v) is 12.4. The van der Waals surface area contributed by atoms with Crippen molar-refractivity contribution in [3.05, 3.63) is 0 Å². The Balaban J connectivity index is 2.51. The van der Waals surface area contributed by atoms with Gasteiger partial charge in [-0.05, 0) is 43.7 Å². The summed E-state index contributed by atoms with van der Waals surface area (Å²) in [7, 11) is 0. The second-order valence-corrected chi connectivity index (χ2v) is 5.98. The Hall–Kier alpha value is -0.0800. The number of hydrogen-bond donors (Lipinski definition) is 1. The molecule has 2 atom stereocenters. The smallest absolute Gasteiger partial charge is 0.00500 e. The lowest BCUT2D eigenvalue weighted by atomic mass is 9.77. The summed E-state index contributed by atoms with van der Waals surface area (Å²) in [5.41, 5.74) is 0.543. The summed E-state index contributed by atoms with van der Waals surface area (Å²) in [6, 6.07) is 0. The van der Waals surface area contributed by atoms with Crippen LogP contribution in [0.2, 0.25) is 0 Å². The minimum atomic E-state index is 0.543. The maximum Gasteiger partial charge on any atom is 0.00500 e. The minimum absolute atomic E-state index is 0.543. The van der Waals surface area contributed by atoms with Gasteiger partial charge >= 0.3 is 0 Å². The van der Waals surface area contributed by atoms with Crippen LogP contribution < -0.4 is 5.32 Å². The first-order valence-corrected chi connectivity index (χ1v) is 7.59. The van der Waals surface area contributed by atoms with Crippen molar-refractivity contribution in [1.82, 2.24) is 10.2 Å². The lowest BCUT2D eigenvalue weighted by Crippen LogP contribution is -2.48. The topological polar surface area (TPSA) is 15.3 Å². The molecule has 1 saturated heterocycles. The predicted molar refractivity (Wildman–Crippen MR) is 76.4 cm³/mol. The van der Waals surface area contributed by atoms with Crippen LogP contribution in [0.4, 0.5) is 0 Å². The molecule has 0 aromatic heterocycles. The van der Waals surface area contributed by atoms with E-state index in [1.165, 1.54) is 58.4 Å². The Morgan fingerprint density at radius 2 is 2.06 bits per heavy atom. The van der Waals surface area contributed by atoms with Gasteiger partial charge in [0.25, 0.3) is 0 Å².